The van der Waals surface area contributed by atoms with Crippen LogP contribution in [0.5, 0.6) is 0 Å². The molecule has 2 aromatic rings. The zero-order valence-electron chi connectivity index (χ0n) is 14.2. The maximum Gasteiger partial charge on any atom is 0.408 e. The van der Waals surface area contributed by atoms with Crippen LogP contribution >= 0.6 is 0 Å². The summed E-state index contributed by atoms with van der Waals surface area (Å²) in [5.74, 6) is 2.35. The molecule has 8 heteroatoms. The van der Waals surface area contributed by atoms with Gasteiger partial charge in [0.2, 0.25) is 0 Å². The monoisotopic (exact) mass is 384 g/mol. The first kappa shape index (κ1) is 17.4. The van der Waals surface area contributed by atoms with Gasteiger partial charge in [-0.2, -0.15) is 0 Å². The van der Waals surface area contributed by atoms with Crippen LogP contribution in [-0.2, 0) is 25.0 Å². The molecule has 0 unspecified atom stereocenters. The van der Waals surface area contributed by atoms with Crippen molar-refractivity contribution in [3.05, 3.63) is 60.2 Å². The molecule has 2 aromatic carbocycles. The molecular weight excluding hydrogens is 368 g/mol. The van der Waals surface area contributed by atoms with Gasteiger partial charge in [-0.05, 0) is 18.2 Å². The van der Waals surface area contributed by atoms with Crippen LogP contribution in [0, 0.1) is 12.3 Å². The van der Waals surface area contributed by atoms with Crippen molar-refractivity contribution in [2.24, 2.45) is 0 Å². The maximum absolute atomic E-state index is 13.4. The number of benzene rings is 2. The molecule has 1 N–H and O–H groups in total. The summed E-state index contributed by atoms with van der Waals surface area (Å²) in [5, 5.41) is 2.74. The highest BCUT2D eigenvalue weighted by atomic mass is 32.2. The van der Waals surface area contributed by atoms with Gasteiger partial charge in [-0.15, -0.1) is 6.42 Å². The van der Waals surface area contributed by atoms with Gasteiger partial charge >= 0.3 is 6.09 Å². The number of hydrogen-bond acceptors (Lipinski definition) is 5. The van der Waals surface area contributed by atoms with Crippen molar-refractivity contribution in [2.45, 2.75) is 16.7 Å². The van der Waals surface area contributed by atoms with Gasteiger partial charge in [-0.25, -0.2) is 17.5 Å². The molecule has 7 nitrogen and oxygen atoms in total. The molecule has 1 saturated heterocycles. The van der Waals surface area contributed by atoms with E-state index in [0.717, 1.165) is 0 Å². The van der Waals surface area contributed by atoms with E-state index in [4.69, 9.17) is 15.9 Å². The molecule has 4 rings (SSSR count). The van der Waals surface area contributed by atoms with Gasteiger partial charge in [0.05, 0.1) is 10.6 Å². The number of terminal acetylenes is 1. The topological polar surface area (TPSA) is 84.9 Å². The van der Waals surface area contributed by atoms with E-state index in [1.54, 1.807) is 42.5 Å². The van der Waals surface area contributed by atoms with Gasteiger partial charge in [0.15, 0.2) is 11.8 Å². The van der Waals surface area contributed by atoms with Crippen molar-refractivity contribution in [1.29, 1.82) is 0 Å². The number of rotatable bonds is 4. The summed E-state index contributed by atoms with van der Waals surface area (Å²) in [6.07, 6.45) is 3.61. The minimum Gasteiger partial charge on any atom is -0.446 e. The first-order valence-corrected chi connectivity index (χ1v) is 9.64. The Labute approximate surface area is 156 Å². The van der Waals surface area contributed by atoms with Crippen LogP contribution in [0.4, 0.5) is 10.5 Å². The minimum atomic E-state index is -3.98. The predicted octanol–water partition coefficient (Wildman–Crippen LogP) is 1.81. The number of carbonyl (C=O) groups excluding carboxylic acids is 1. The first-order valence-electron chi connectivity index (χ1n) is 8.20. The molecule has 2 heterocycles. The summed E-state index contributed by atoms with van der Waals surface area (Å²) in [6, 6.07) is 14.9. The third kappa shape index (κ3) is 2.55. The second-order valence-electron chi connectivity index (χ2n) is 6.17. The Hall–Kier alpha value is -3.02. The summed E-state index contributed by atoms with van der Waals surface area (Å²) in [7, 11) is -3.98. The maximum atomic E-state index is 13.4. The largest absolute Gasteiger partial charge is 0.446 e. The molecule has 2 atom stereocenters. The Morgan fingerprint density at radius 1 is 1.22 bits per heavy atom. The summed E-state index contributed by atoms with van der Waals surface area (Å²) in [4.78, 5) is 12.0. The lowest BCUT2D eigenvalue weighted by atomic mass is 9.92. The summed E-state index contributed by atoms with van der Waals surface area (Å²) in [6.45, 7) is -0.198. The number of amides is 1. The van der Waals surface area contributed by atoms with Gasteiger partial charge in [-0.3, -0.25) is 0 Å². The van der Waals surface area contributed by atoms with Crippen LogP contribution in [0.3, 0.4) is 0 Å². The molecule has 0 aromatic heterocycles. The van der Waals surface area contributed by atoms with E-state index in [1.165, 1.54) is 16.4 Å². The van der Waals surface area contributed by atoms with Crippen molar-refractivity contribution < 1.29 is 22.7 Å². The Balaban J connectivity index is 1.92. The number of alkyl carbamates (subject to hydrolysis) is 1. The van der Waals surface area contributed by atoms with E-state index in [1.807, 2.05) is 0 Å². The predicted molar refractivity (Wildman–Crippen MR) is 97.3 cm³/mol. The standard InChI is InChI=1S/C19H16N2O5S/c1-2-12-25-17-19(13-26-18(22)20-19)15-10-6-7-11-16(15)21(17)27(23,24)14-8-4-3-5-9-14/h1,3-11,17H,12-13H2,(H,20,22)/t17-,19-/m0/s1. The molecule has 2 aliphatic rings. The van der Waals surface area contributed by atoms with Crippen LogP contribution in [0.1, 0.15) is 5.56 Å². The van der Waals surface area contributed by atoms with Crippen LogP contribution in [0.25, 0.3) is 0 Å². The molecular formula is C19H16N2O5S. The van der Waals surface area contributed by atoms with Gasteiger partial charge in [0.25, 0.3) is 10.0 Å². The third-order valence-corrected chi connectivity index (χ3v) is 6.41. The third-order valence-electron chi connectivity index (χ3n) is 4.64. The van der Waals surface area contributed by atoms with Crippen molar-refractivity contribution in [1.82, 2.24) is 5.32 Å². The summed E-state index contributed by atoms with van der Waals surface area (Å²) < 4.78 is 38.9. The number of carbonyl (C=O) groups is 1. The SMILES string of the molecule is C#CCO[C@@H]1N(S(=O)(=O)c2ccccc2)c2ccccc2[C@@]12COC(=O)N2. The molecule has 138 valence electrons. The molecule has 0 saturated carbocycles. The minimum absolute atomic E-state index is 0.0705. The quantitative estimate of drug-likeness (QED) is 0.813. The second kappa shape index (κ2) is 6.30. The number of nitrogens with one attached hydrogen (secondary N) is 1. The fourth-order valence-electron chi connectivity index (χ4n) is 3.51. The first-order chi connectivity index (χ1) is 13.0. The zero-order chi connectivity index (χ0) is 19.1. The van der Waals surface area contributed by atoms with E-state index >= 15 is 0 Å². The number of sulfonamides is 1. The highest BCUT2D eigenvalue weighted by Crippen LogP contribution is 2.48. The number of nitrogens with zero attached hydrogens (tertiary/aromatic N) is 1. The fourth-order valence-corrected chi connectivity index (χ4v) is 5.15. The van der Waals surface area contributed by atoms with E-state index in [0.29, 0.717) is 11.3 Å². The molecule has 1 spiro atoms. The van der Waals surface area contributed by atoms with Crippen molar-refractivity contribution in [3.63, 3.8) is 0 Å². The Kier molecular flexibility index (Phi) is 4.06. The average molecular weight is 384 g/mol. The Morgan fingerprint density at radius 3 is 2.59 bits per heavy atom. The number of cyclic esters (lactones) is 1. The molecule has 0 bridgehead atoms. The van der Waals surface area contributed by atoms with E-state index in [9.17, 15) is 13.2 Å². The molecule has 0 aliphatic carbocycles. The van der Waals surface area contributed by atoms with Crippen LogP contribution in [0.2, 0.25) is 0 Å². The van der Waals surface area contributed by atoms with Crippen molar-refractivity contribution in [3.8, 4) is 12.3 Å². The van der Waals surface area contributed by atoms with E-state index < -0.39 is 27.9 Å². The summed E-state index contributed by atoms with van der Waals surface area (Å²) in [5.41, 5.74) is -0.168. The summed E-state index contributed by atoms with van der Waals surface area (Å²) >= 11 is 0. The van der Waals surface area contributed by atoms with Gasteiger partial charge in [0.1, 0.15) is 13.2 Å². The van der Waals surface area contributed by atoms with Crippen molar-refractivity contribution in [2.75, 3.05) is 17.5 Å². The Bertz CT molecular complexity index is 1030. The van der Waals surface area contributed by atoms with Gasteiger partial charge < -0.3 is 14.8 Å². The van der Waals surface area contributed by atoms with Crippen LogP contribution in [0.15, 0.2) is 59.5 Å². The van der Waals surface area contributed by atoms with Gasteiger partial charge in [-0.1, -0.05) is 42.3 Å². The molecule has 27 heavy (non-hydrogen) atoms. The highest BCUT2D eigenvalue weighted by molar-refractivity contribution is 7.92. The lowest BCUT2D eigenvalue weighted by Gasteiger charge is -2.33. The molecule has 2 aliphatic heterocycles. The highest BCUT2D eigenvalue weighted by Gasteiger charge is 2.60. The van der Waals surface area contributed by atoms with E-state index in [2.05, 4.69) is 11.2 Å². The number of para-hydroxylation sites is 1. The normalized spacial score (nSPS) is 23.6. The number of fused-ring (bicyclic) bond motifs is 2. The fraction of sp³-hybridized carbons (Fsp3) is 0.211. The van der Waals surface area contributed by atoms with Gasteiger partial charge in [0, 0.05) is 5.56 Å². The second-order valence-corrected chi connectivity index (χ2v) is 7.99. The zero-order valence-corrected chi connectivity index (χ0v) is 15.0. The van der Waals surface area contributed by atoms with Crippen LogP contribution in [-0.4, -0.2) is 34.0 Å². The lowest BCUT2D eigenvalue weighted by molar-refractivity contribution is 0.0188. The smallest absolute Gasteiger partial charge is 0.408 e. The number of anilines is 1. The number of ether oxygens (including phenoxy) is 2. The lowest BCUT2D eigenvalue weighted by Crippen LogP contribution is -2.55. The number of hydrogen-bond donors (Lipinski definition) is 1. The average Bonchev–Trinajstić information content (AvgIpc) is 3.20. The van der Waals surface area contributed by atoms with Crippen molar-refractivity contribution >= 4 is 21.8 Å². The molecule has 1 fully saturated rings. The Morgan fingerprint density at radius 2 is 1.93 bits per heavy atom. The molecule has 1 amide bonds. The van der Waals surface area contributed by atoms with Crippen LogP contribution < -0.4 is 9.62 Å². The van der Waals surface area contributed by atoms with E-state index in [-0.39, 0.29) is 18.1 Å². The molecule has 0 radical (unpaired) electrons.